The lowest BCUT2D eigenvalue weighted by Gasteiger charge is -2.35. The monoisotopic (exact) mass is 220 g/mol. The summed E-state index contributed by atoms with van der Waals surface area (Å²) in [5, 5.41) is 0. The molecule has 88 valence electrons. The SMILES string of the molecule is O=C1C[C@H]2CCCCCC(=O)[C@]23CCC[C@H]13. The summed E-state index contributed by atoms with van der Waals surface area (Å²) in [6, 6.07) is 0. The van der Waals surface area contributed by atoms with E-state index in [0.717, 1.165) is 38.5 Å². The molecule has 0 amide bonds. The van der Waals surface area contributed by atoms with Gasteiger partial charge in [-0.25, -0.2) is 0 Å². The van der Waals surface area contributed by atoms with Crippen molar-refractivity contribution in [2.45, 2.75) is 57.8 Å². The van der Waals surface area contributed by atoms with Gasteiger partial charge in [0.25, 0.3) is 0 Å². The Morgan fingerprint density at radius 1 is 1.00 bits per heavy atom. The summed E-state index contributed by atoms with van der Waals surface area (Å²) in [7, 11) is 0. The van der Waals surface area contributed by atoms with Crippen LogP contribution in [0.3, 0.4) is 0 Å². The molecule has 16 heavy (non-hydrogen) atoms. The summed E-state index contributed by atoms with van der Waals surface area (Å²) in [6.07, 6.45) is 9.10. The Morgan fingerprint density at radius 3 is 2.75 bits per heavy atom. The predicted octanol–water partition coefficient (Wildman–Crippen LogP) is 2.90. The summed E-state index contributed by atoms with van der Waals surface area (Å²) in [4.78, 5) is 24.5. The van der Waals surface area contributed by atoms with Gasteiger partial charge in [-0.1, -0.05) is 19.3 Å². The zero-order valence-electron chi connectivity index (χ0n) is 9.84. The molecule has 3 aliphatic carbocycles. The average molecular weight is 220 g/mol. The normalized spacial score (nSPS) is 43.8. The van der Waals surface area contributed by atoms with Crippen molar-refractivity contribution in [1.29, 1.82) is 0 Å². The van der Waals surface area contributed by atoms with Crippen LogP contribution in [0.15, 0.2) is 0 Å². The molecule has 0 aromatic carbocycles. The minimum atomic E-state index is -0.183. The number of Topliss-reactive ketones (excluding diaryl/α,β-unsaturated/α-hetero) is 2. The highest BCUT2D eigenvalue weighted by atomic mass is 16.1. The van der Waals surface area contributed by atoms with Crippen LogP contribution in [0.25, 0.3) is 0 Å². The maximum Gasteiger partial charge on any atom is 0.140 e. The summed E-state index contributed by atoms with van der Waals surface area (Å²) >= 11 is 0. The molecule has 2 heteroatoms. The quantitative estimate of drug-likeness (QED) is 0.629. The van der Waals surface area contributed by atoms with Crippen molar-refractivity contribution in [2.75, 3.05) is 0 Å². The van der Waals surface area contributed by atoms with E-state index in [0.29, 0.717) is 23.9 Å². The third kappa shape index (κ3) is 1.25. The third-order valence-corrected chi connectivity index (χ3v) is 5.25. The Morgan fingerprint density at radius 2 is 1.88 bits per heavy atom. The van der Waals surface area contributed by atoms with Gasteiger partial charge in [0, 0.05) is 24.2 Å². The Bertz CT molecular complexity index is 334. The number of hydrogen-bond acceptors (Lipinski definition) is 2. The smallest absolute Gasteiger partial charge is 0.140 e. The topological polar surface area (TPSA) is 34.1 Å². The predicted molar refractivity (Wildman–Crippen MR) is 61.0 cm³/mol. The Labute approximate surface area is 96.8 Å². The molecule has 0 N–H and O–H groups in total. The minimum absolute atomic E-state index is 0.114. The van der Waals surface area contributed by atoms with Crippen LogP contribution in [0.4, 0.5) is 0 Å². The van der Waals surface area contributed by atoms with E-state index >= 15 is 0 Å². The largest absolute Gasteiger partial charge is 0.299 e. The van der Waals surface area contributed by atoms with Crippen LogP contribution in [-0.4, -0.2) is 11.6 Å². The maximum atomic E-state index is 12.4. The summed E-state index contributed by atoms with van der Waals surface area (Å²) in [6.45, 7) is 0. The Hall–Kier alpha value is -0.660. The standard InChI is InChI=1S/C14H20O2/c15-12-9-10-5-2-1-3-7-13(16)14(10)8-4-6-11(12)14/h10-11H,1-9H2/t10-,11-,14-/m1/s1. The van der Waals surface area contributed by atoms with Gasteiger partial charge in [-0.2, -0.15) is 0 Å². The Balaban J connectivity index is 1.99. The second-order valence-corrected chi connectivity index (χ2v) is 5.88. The van der Waals surface area contributed by atoms with Crippen LogP contribution in [0, 0.1) is 17.3 Å². The van der Waals surface area contributed by atoms with Gasteiger partial charge >= 0.3 is 0 Å². The number of hydrogen-bond donors (Lipinski definition) is 0. The molecule has 0 aliphatic heterocycles. The molecule has 1 spiro atoms. The number of ketones is 2. The van der Waals surface area contributed by atoms with Crippen molar-refractivity contribution in [3.63, 3.8) is 0 Å². The highest BCUT2D eigenvalue weighted by Crippen LogP contribution is 2.58. The Kier molecular flexibility index (Phi) is 2.41. The van der Waals surface area contributed by atoms with Gasteiger partial charge in [0.1, 0.15) is 11.6 Å². The van der Waals surface area contributed by atoms with Gasteiger partial charge in [-0.05, 0) is 31.6 Å². The van der Waals surface area contributed by atoms with Crippen molar-refractivity contribution >= 4 is 11.6 Å². The van der Waals surface area contributed by atoms with E-state index in [4.69, 9.17) is 0 Å². The molecule has 0 heterocycles. The lowest BCUT2D eigenvalue weighted by molar-refractivity contribution is -0.135. The van der Waals surface area contributed by atoms with Gasteiger partial charge in [0.05, 0.1) is 0 Å². The van der Waals surface area contributed by atoms with Gasteiger partial charge in [-0.15, -0.1) is 0 Å². The summed E-state index contributed by atoms with van der Waals surface area (Å²) < 4.78 is 0. The molecule has 0 aromatic rings. The van der Waals surface area contributed by atoms with Crippen molar-refractivity contribution in [3.05, 3.63) is 0 Å². The highest BCUT2D eigenvalue weighted by Gasteiger charge is 2.60. The molecule has 0 unspecified atom stereocenters. The van der Waals surface area contributed by atoms with Crippen LogP contribution in [-0.2, 0) is 9.59 Å². The van der Waals surface area contributed by atoms with Gasteiger partial charge in [0.2, 0.25) is 0 Å². The fraction of sp³-hybridized carbons (Fsp3) is 0.857. The third-order valence-electron chi connectivity index (χ3n) is 5.25. The van der Waals surface area contributed by atoms with E-state index in [1.807, 2.05) is 0 Å². The molecule has 3 atom stereocenters. The summed E-state index contributed by atoms with van der Waals surface area (Å²) in [5.74, 6) is 1.35. The van der Waals surface area contributed by atoms with Crippen LogP contribution in [0.2, 0.25) is 0 Å². The minimum Gasteiger partial charge on any atom is -0.299 e. The fourth-order valence-corrected chi connectivity index (χ4v) is 4.54. The molecule has 3 aliphatic rings. The number of carbonyl (C=O) groups is 2. The highest BCUT2D eigenvalue weighted by molar-refractivity contribution is 5.97. The van der Waals surface area contributed by atoms with E-state index < -0.39 is 0 Å². The molecular weight excluding hydrogens is 200 g/mol. The molecule has 0 bridgehead atoms. The van der Waals surface area contributed by atoms with Crippen LogP contribution in [0.5, 0.6) is 0 Å². The second-order valence-electron chi connectivity index (χ2n) is 5.88. The number of carbonyl (C=O) groups excluding carboxylic acids is 2. The molecule has 0 radical (unpaired) electrons. The number of rotatable bonds is 0. The molecule has 2 nitrogen and oxygen atoms in total. The van der Waals surface area contributed by atoms with Crippen LogP contribution < -0.4 is 0 Å². The molecule has 0 saturated heterocycles. The van der Waals surface area contributed by atoms with Crippen LogP contribution in [0.1, 0.15) is 57.8 Å². The fourth-order valence-electron chi connectivity index (χ4n) is 4.54. The lowest BCUT2D eigenvalue weighted by Crippen LogP contribution is -2.38. The molecule has 3 saturated carbocycles. The van der Waals surface area contributed by atoms with Crippen molar-refractivity contribution in [2.24, 2.45) is 17.3 Å². The maximum absolute atomic E-state index is 12.4. The first kappa shape index (κ1) is 10.5. The molecule has 3 fully saturated rings. The van der Waals surface area contributed by atoms with Crippen molar-refractivity contribution in [3.8, 4) is 0 Å². The molecular formula is C14H20O2. The first-order chi connectivity index (χ1) is 7.75. The van der Waals surface area contributed by atoms with E-state index in [1.54, 1.807) is 0 Å². The van der Waals surface area contributed by atoms with Gasteiger partial charge in [0.15, 0.2) is 0 Å². The van der Waals surface area contributed by atoms with Crippen molar-refractivity contribution in [1.82, 2.24) is 0 Å². The van der Waals surface area contributed by atoms with E-state index in [9.17, 15) is 9.59 Å². The van der Waals surface area contributed by atoms with E-state index in [2.05, 4.69) is 0 Å². The zero-order chi connectivity index (χ0) is 11.2. The van der Waals surface area contributed by atoms with Gasteiger partial charge in [-0.3, -0.25) is 9.59 Å². The average Bonchev–Trinajstić information content (AvgIpc) is 2.78. The van der Waals surface area contributed by atoms with E-state index in [-0.39, 0.29) is 11.3 Å². The van der Waals surface area contributed by atoms with Gasteiger partial charge < -0.3 is 0 Å². The van der Waals surface area contributed by atoms with Crippen LogP contribution >= 0.6 is 0 Å². The van der Waals surface area contributed by atoms with E-state index in [1.165, 1.54) is 12.8 Å². The first-order valence-corrected chi connectivity index (χ1v) is 6.81. The lowest BCUT2D eigenvalue weighted by atomic mass is 9.66. The second kappa shape index (κ2) is 3.68. The summed E-state index contributed by atoms with van der Waals surface area (Å²) in [5.41, 5.74) is -0.183. The molecule has 3 rings (SSSR count). The zero-order valence-corrected chi connectivity index (χ0v) is 9.84. The van der Waals surface area contributed by atoms with Crippen molar-refractivity contribution < 1.29 is 9.59 Å². The first-order valence-electron chi connectivity index (χ1n) is 6.81. The molecule has 0 aromatic heterocycles.